The Balaban J connectivity index is 3.73. The molecule has 0 aromatic rings. The second-order valence-corrected chi connectivity index (χ2v) is 4.88. The fourth-order valence-electron chi connectivity index (χ4n) is 1.31. The highest BCUT2D eigenvalue weighted by molar-refractivity contribution is 8.13. The van der Waals surface area contributed by atoms with E-state index in [0.29, 0.717) is 12.2 Å². The quantitative estimate of drug-likeness (QED) is 0.654. The van der Waals surface area contributed by atoms with Gasteiger partial charge in [0, 0.05) is 12.7 Å². The number of hydrogen-bond donors (Lipinski definition) is 1. The molecule has 0 rings (SSSR count). The average molecular weight is 232 g/mol. The molecule has 0 saturated heterocycles. The van der Waals surface area contributed by atoms with Crippen molar-refractivity contribution in [2.24, 2.45) is 5.92 Å². The van der Waals surface area contributed by atoms with Gasteiger partial charge in [0.1, 0.15) is 0 Å². The van der Waals surface area contributed by atoms with Crippen LogP contribution in [0.25, 0.3) is 0 Å². The van der Waals surface area contributed by atoms with Crippen LogP contribution in [0, 0.1) is 5.92 Å². The fourth-order valence-corrected chi connectivity index (χ4v) is 2.06. The van der Waals surface area contributed by atoms with E-state index in [4.69, 9.17) is 5.11 Å². The Morgan fingerprint density at radius 1 is 1.27 bits per heavy atom. The summed E-state index contributed by atoms with van der Waals surface area (Å²) in [6.07, 6.45) is 5.04. The van der Waals surface area contributed by atoms with Crippen LogP contribution in [0.15, 0.2) is 0 Å². The van der Waals surface area contributed by atoms with E-state index < -0.39 is 5.97 Å². The molecule has 0 saturated carbocycles. The second kappa shape index (κ2) is 8.77. The van der Waals surface area contributed by atoms with Crippen LogP contribution < -0.4 is 0 Å². The van der Waals surface area contributed by atoms with Crippen LogP contribution in [-0.2, 0) is 9.59 Å². The maximum atomic E-state index is 10.9. The van der Waals surface area contributed by atoms with Gasteiger partial charge in [0.25, 0.3) is 0 Å². The van der Waals surface area contributed by atoms with Gasteiger partial charge in [-0.2, -0.15) is 0 Å². The summed E-state index contributed by atoms with van der Waals surface area (Å²) in [6.45, 7) is 3.60. The number of thioether (sulfide) groups is 1. The normalized spacial score (nSPS) is 12.4. The lowest BCUT2D eigenvalue weighted by Crippen LogP contribution is -2.16. The summed E-state index contributed by atoms with van der Waals surface area (Å²) in [7, 11) is 0. The molecule has 0 amide bonds. The fraction of sp³-hybridized carbons (Fsp3) is 0.818. The Morgan fingerprint density at radius 3 is 2.40 bits per heavy atom. The van der Waals surface area contributed by atoms with Gasteiger partial charge in [-0.1, -0.05) is 44.4 Å². The number of unbranched alkanes of at least 4 members (excludes halogenated alkanes) is 3. The van der Waals surface area contributed by atoms with E-state index in [9.17, 15) is 9.59 Å². The molecule has 0 aliphatic carbocycles. The van der Waals surface area contributed by atoms with Gasteiger partial charge in [0.15, 0.2) is 5.12 Å². The molecule has 3 nitrogen and oxygen atoms in total. The van der Waals surface area contributed by atoms with E-state index in [1.807, 2.05) is 0 Å². The lowest BCUT2D eigenvalue weighted by Gasteiger charge is -2.10. The second-order valence-electron chi connectivity index (χ2n) is 3.69. The van der Waals surface area contributed by atoms with Crippen molar-refractivity contribution in [2.45, 2.75) is 46.0 Å². The number of carboxylic acid groups (broad SMARTS) is 1. The van der Waals surface area contributed by atoms with Crippen molar-refractivity contribution in [1.82, 2.24) is 0 Å². The minimum atomic E-state index is -0.778. The Labute approximate surface area is 95.6 Å². The first-order valence-corrected chi connectivity index (χ1v) is 6.42. The molecule has 4 heteroatoms. The van der Waals surface area contributed by atoms with Gasteiger partial charge in [-0.05, 0) is 6.42 Å². The average Bonchev–Trinajstić information content (AvgIpc) is 2.15. The van der Waals surface area contributed by atoms with Gasteiger partial charge in [-0.25, -0.2) is 0 Å². The molecule has 88 valence electrons. The molecular formula is C11H20O3S. The van der Waals surface area contributed by atoms with Crippen LogP contribution in [-0.4, -0.2) is 21.9 Å². The topological polar surface area (TPSA) is 54.4 Å². The number of aliphatic carboxylic acids is 1. The number of hydrogen-bond acceptors (Lipinski definition) is 3. The molecule has 0 aliphatic heterocycles. The van der Waals surface area contributed by atoms with Crippen LogP contribution in [0.2, 0.25) is 0 Å². The van der Waals surface area contributed by atoms with E-state index in [2.05, 4.69) is 6.92 Å². The van der Waals surface area contributed by atoms with E-state index in [0.717, 1.165) is 37.4 Å². The molecule has 0 radical (unpaired) electrons. The zero-order chi connectivity index (χ0) is 11.7. The highest BCUT2D eigenvalue weighted by atomic mass is 32.2. The summed E-state index contributed by atoms with van der Waals surface area (Å²) in [4.78, 5) is 21.6. The standard InChI is InChI=1S/C11H20O3S/c1-3-4-5-6-7-10(11(13)14)8-15-9(2)12/h10H,3-8H2,1-2H3,(H,13,14). The number of rotatable bonds is 8. The number of carbonyl (C=O) groups is 2. The molecule has 0 aromatic heterocycles. The van der Waals surface area contributed by atoms with Crippen molar-refractivity contribution in [3.05, 3.63) is 0 Å². The SMILES string of the molecule is CCCCCCC(CSC(C)=O)C(=O)O. The molecule has 1 atom stereocenters. The van der Waals surface area contributed by atoms with Crippen molar-refractivity contribution in [2.75, 3.05) is 5.75 Å². The lowest BCUT2D eigenvalue weighted by molar-refractivity contribution is -0.141. The first kappa shape index (κ1) is 14.5. The molecule has 0 spiro atoms. The third kappa shape index (κ3) is 8.48. The molecule has 0 aromatic carbocycles. The summed E-state index contributed by atoms with van der Waals surface area (Å²) >= 11 is 1.11. The predicted octanol–water partition coefficient (Wildman–Crippen LogP) is 2.94. The highest BCUT2D eigenvalue weighted by Gasteiger charge is 2.17. The molecule has 0 aliphatic rings. The van der Waals surface area contributed by atoms with Crippen LogP contribution in [0.1, 0.15) is 46.0 Å². The Bertz CT molecular complexity index is 204. The molecule has 1 unspecified atom stereocenters. The van der Waals surface area contributed by atoms with Crippen LogP contribution in [0.3, 0.4) is 0 Å². The van der Waals surface area contributed by atoms with Crippen molar-refractivity contribution in [3.63, 3.8) is 0 Å². The largest absolute Gasteiger partial charge is 0.481 e. The molecule has 0 bridgehead atoms. The van der Waals surface area contributed by atoms with Crippen molar-refractivity contribution in [3.8, 4) is 0 Å². The molecule has 1 N–H and O–H groups in total. The minimum absolute atomic E-state index is 0.00481. The van der Waals surface area contributed by atoms with Crippen LogP contribution in [0.5, 0.6) is 0 Å². The summed E-state index contributed by atoms with van der Waals surface area (Å²) in [6, 6.07) is 0. The van der Waals surface area contributed by atoms with Crippen LogP contribution >= 0.6 is 11.8 Å². The summed E-state index contributed by atoms with van der Waals surface area (Å²) in [5.74, 6) is -0.729. The van der Waals surface area contributed by atoms with E-state index in [1.54, 1.807) is 0 Å². The van der Waals surface area contributed by atoms with Crippen LogP contribution in [0.4, 0.5) is 0 Å². The maximum absolute atomic E-state index is 10.9. The Hall–Kier alpha value is -0.510. The summed E-state index contributed by atoms with van der Waals surface area (Å²) in [5.41, 5.74) is 0. The van der Waals surface area contributed by atoms with Gasteiger partial charge >= 0.3 is 5.97 Å². The third-order valence-corrected chi connectivity index (χ3v) is 3.22. The molecule has 0 heterocycles. The summed E-state index contributed by atoms with van der Waals surface area (Å²) in [5, 5.41) is 8.91. The minimum Gasteiger partial charge on any atom is -0.481 e. The first-order valence-electron chi connectivity index (χ1n) is 5.44. The maximum Gasteiger partial charge on any atom is 0.307 e. The number of carboxylic acids is 1. The Morgan fingerprint density at radius 2 is 1.93 bits per heavy atom. The van der Waals surface area contributed by atoms with E-state index in [1.165, 1.54) is 6.92 Å². The highest BCUT2D eigenvalue weighted by Crippen LogP contribution is 2.17. The van der Waals surface area contributed by atoms with Gasteiger partial charge in [0.05, 0.1) is 5.92 Å². The number of carbonyl (C=O) groups excluding carboxylic acids is 1. The van der Waals surface area contributed by atoms with Crippen molar-refractivity contribution in [1.29, 1.82) is 0 Å². The smallest absolute Gasteiger partial charge is 0.307 e. The van der Waals surface area contributed by atoms with Gasteiger partial charge in [0.2, 0.25) is 0 Å². The van der Waals surface area contributed by atoms with E-state index in [-0.39, 0.29) is 11.0 Å². The predicted molar refractivity (Wildman–Crippen MR) is 63.0 cm³/mol. The Kier molecular flexibility index (Phi) is 8.47. The zero-order valence-electron chi connectivity index (χ0n) is 9.49. The lowest BCUT2D eigenvalue weighted by atomic mass is 10.0. The van der Waals surface area contributed by atoms with Gasteiger partial charge in [-0.15, -0.1) is 0 Å². The molecule has 15 heavy (non-hydrogen) atoms. The van der Waals surface area contributed by atoms with Crippen molar-refractivity contribution < 1.29 is 14.7 Å². The van der Waals surface area contributed by atoms with Gasteiger partial charge < -0.3 is 5.11 Å². The first-order chi connectivity index (χ1) is 7.07. The molecule has 0 fully saturated rings. The van der Waals surface area contributed by atoms with E-state index >= 15 is 0 Å². The molecular weight excluding hydrogens is 212 g/mol. The zero-order valence-corrected chi connectivity index (χ0v) is 10.3. The van der Waals surface area contributed by atoms with Crippen molar-refractivity contribution >= 4 is 22.8 Å². The summed E-state index contributed by atoms with van der Waals surface area (Å²) < 4.78 is 0. The monoisotopic (exact) mass is 232 g/mol. The van der Waals surface area contributed by atoms with Gasteiger partial charge in [-0.3, -0.25) is 9.59 Å². The third-order valence-electron chi connectivity index (χ3n) is 2.24.